The molecule has 5 nitrogen and oxygen atoms in total. The van der Waals surface area contributed by atoms with E-state index in [4.69, 9.17) is 14.5 Å². The van der Waals surface area contributed by atoms with Crippen molar-refractivity contribution < 1.29 is 9.47 Å². The highest BCUT2D eigenvalue weighted by Crippen LogP contribution is 2.34. The molecule has 5 heteroatoms. The molecule has 1 aliphatic carbocycles. The van der Waals surface area contributed by atoms with E-state index in [-0.39, 0.29) is 5.41 Å². The highest BCUT2D eigenvalue weighted by atomic mass is 16.5. The van der Waals surface area contributed by atoms with Crippen molar-refractivity contribution in [3.05, 3.63) is 0 Å². The minimum absolute atomic E-state index is 0.175. The monoisotopic (exact) mass is 407 g/mol. The van der Waals surface area contributed by atoms with Crippen LogP contribution in [0.5, 0.6) is 0 Å². The number of ether oxygens (including phenoxy) is 2. The Morgan fingerprint density at radius 2 is 1.79 bits per heavy atom. The van der Waals surface area contributed by atoms with Crippen LogP contribution in [0.25, 0.3) is 0 Å². The molecule has 1 N–H and O–H groups in total. The molecule has 2 heterocycles. The quantitative estimate of drug-likeness (QED) is 0.521. The number of guanidine groups is 1. The van der Waals surface area contributed by atoms with Crippen molar-refractivity contribution >= 4 is 5.96 Å². The maximum absolute atomic E-state index is 6.26. The van der Waals surface area contributed by atoms with E-state index in [9.17, 15) is 0 Å². The van der Waals surface area contributed by atoms with Crippen LogP contribution < -0.4 is 5.32 Å². The minimum Gasteiger partial charge on any atom is -0.378 e. The SMILES string of the molecule is CCNC(=NCC1CCCOC1C(C)(C)C)N1CCC(OCC2CCCC2)CC1. The third-order valence-electron chi connectivity index (χ3n) is 6.89. The minimum atomic E-state index is 0.175. The Morgan fingerprint density at radius 3 is 2.45 bits per heavy atom. The summed E-state index contributed by atoms with van der Waals surface area (Å²) < 4.78 is 12.4. The van der Waals surface area contributed by atoms with Crippen LogP contribution in [-0.2, 0) is 9.47 Å². The van der Waals surface area contributed by atoms with Crippen molar-refractivity contribution in [3.63, 3.8) is 0 Å². The maximum Gasteiger partial charge on any atom is 0.193 e. The Labute approximate surface area is 179 Å². The van der Waals surface area contributed by atoms with Gasteiger partial charge in [-0.1, -0.05) is 33.6 Å². The van der Waals surface area contributed by atoms with E-state index in [1.165, 1.54) is 32.1 Å². The van der Waals surface area contributed by atoms with Crippen molar-refractivity contribution in [1.29, 1.82) is 0 Å². The van der Waals surface area contributed by atoms with E-state index in [2.05, 4.69) is 37.9 Å². The van der Waals surface area contributed by atoms with Gasteiger partial charge in [-0.25, -0.2) is 0 Å². The number of likely N-dealkylation sites (tertiary alicyclic amines) is 1. The molecule has 168 valence electrons. The van der Waals surface area contributed by atoms with Gasteiger partial charge in [-0.3, -0.25) is 4.99 Å². The van der Waals surface area contributed by atoms with Crippen molar-refractivity contribution in [2.24, 2.45) is 22.2 Å². The summed E-state index contributed by atoms with van der Waals surface area (Å²) in [5, 5.41) is 3.53. The van der Waals surface area contributed by atoms with Crippen molar-refractivity contribution in [2.75, 3.05) is 39.4 Å². The smallest absolute Gasteiger partial charge is 0.193 e. The first-order valence-electron chi connectivity index (χ1n) is 12.2. The maximum atomic E-state index is 6.26. The molecule has 3 aliphatic rings. The van der Waals surface area contributed by atoms with Crippen LogP contribution in [0.15, 0.2) is 4.99 Å². The topological polar surface area (TPSA) is 46.1 Å². The predicted molar refractivity (Wildman–Crippen MR) is 120 cm³/mol. The molecule has 0 aromatic carbocycles. The van der Waals surface area contributed by atoms with E-state index in [1.807, 2.05) is 0 Å². The average Bonchev–Trinajstić information content (AvgIpc) is 3.23. The molecule has 3 rings (SSSR count). The molecule has 0 bridgehead atoms. The highest BCUT2D eigenvalue weighted by Gasteiger charge is 2.35. The van der Waals surface area contributed by atoms with Gasteiger partial charge < -0.3 is 19.7 Å². The number of hydrogen-bond acceptors (Lipinski definition) is 3. The molecule has 2 unspecified atom stereocenters. The number of hydrogen-bond donors (Lipinski definition) is 1. The van der Waals surface area contributed by atoms with Crippen LogP contribution >= 0.6 is 0 Å². The predicted octanol–water partition coefficient (Wildman–Crippen LogP) is 4.46. The Morgan fingerprint density at radius 1 is 1.07 bits per heavy atom. The number of nitrogens with one attached hydrogen (secondary N) is 1. The Bertz CT molecular complexity index is 503. The molecule has 0 spiro atoms. The second-order valence-electron chi connectivity index (χ2n) is 10.4. The third kappa shape index (κ3) is 6.85. The zero-order chi connectivity index (χ0) is 20.7. The summed E-state index contributed by atoms with van der Waals surface area (Å²) in [4.78, 5) is 7.51. The second kappa shape index (κ2) is 11.0. The Balaban J connectivity index is 1.49. The first-order chi connectivity index (χ1) is 14.0. The van der Waals surface area contributed by atoms with Crippen LogP contribution in [0, 0.1) is 17.3 Å². The van der Waals surface area contributed by atoms with Gasteiger partial charge in [0.05, 0.1) is 12.2 Å². The lowest BCUT2D eigenvalue weighted by molar-refractivity contribution is -0.0824. The summed E-state index contributed by atoms with van der Waals surface area (Å²) in [5.41, 5.74) is 0.175. The molecule has 0 amide bonds. The molecular weight excluding hydrogens is 362 g/mol. The van der Waals surface area contributed by atoms with Gasteiger partial charge in [0.25, 0.3) is 0 Å². The summed E-state index contributed by atoms with van der Waals surface area (Å²) in [6.07, 6.45) is 10.9. The van der Waals surface area contributed by atoms with E-state index in [0.717, 1.165) is 70.5 Å². The van der Waals surface area contributed by atoms with Crippen LogP contribution in [0.3, 0.4) is 0 Å². The van der Waals surface area contributed by atoms with E-state index in [0.29, 0.717) is 18.1 Å². The van der Waals surface area contributed by atoms with Gasteiger partial charge in [0.15, 0.2) is 5.96 Å². The lowest BCUT2D eigenvalue weighted by atomic mass is 9.78. The van der Waals surface area contributed by atoms with Gasteiger partial charge in [-0.05, 0) is 56.8 Å². The molecule has 29 heavy (non-hydrogen) atoms. The molecule has 2 aliphatic heterocycles. The fraction of sp³-hybridized carbons (Fsp3) is 0.958. The molecular formula is C24H45N3O2. The molecule has 0 aromatic rings. The summed E-state index contributed by atoms with van der Waals surface area (Å²) in [6.45, 7) is 14.8. The summed E-state index contributed by atoms with van der Waals surface area (Å²) >= 11 is 0. The first kappa shape index (κ1) is 22.9. The first-order valence-corrected chi connectivity index (χ1v) is 12.2. The molecule has 2 atom stereocenters. The normalized spacial score (nSPS) is 28.1. The zero-order valence-corrected chi connectivity index (χ0v) is 19.4. The summed E-state index contributed by atoms with van der Waals surface area (Å²) in [7, 11) is 0. The van der Waals surface area contributed by atoms with E-state index >= 15 is 0 Å². The van der Waals surface area contributed by atoms with Crippen molar-refractivity contribution in [1.82, 2.24) is 10.2 Å². The number of rotatable bonds is 6. The fourth-order valence-electron chi connectivity index (χ4n) is 5.30. The van der Waals surface area contributed by atoms with Crippen LogP contribution in [0.4, 0.5) is 0 Å². The number of aliphatic imine (C=N–C) groups is 1. The molecule has 3 fully saturated rings. The molecule has 0 radical (unpaired) electrons. The summed E-state index contributed by atoms with van der Waals surface area (Å²) in [5.74, 6) is 2.42. The molecule has 1 saturated carbocycles. The zero-order valence-electron chi connectivity index (χ0n) is 19.4. The van der Waals surface area contributed by atoms with Crippen LogP contribution in [0.2, 0.25) is 0 Å². The highest BCUT2D eigenvalue weighted by molar-refractivity contribution is 5.80. The standard InChI is InChI=1S/C24H45N3O2/c1-5-25-23(26-17-20-11-8-16-28-22(20)24(2,3)4)27-14-12-21(13-15-27)29-18-19-9-6-7-10-19/h19-22H,5-18H2,1-4H3,(H,25,26). The van der Waals surface area contributed by atoms with Gasteiger partial charge in [-0.2, -0.15) is 0 Å². The fourth-order valence-corrected chi connectivity index (χ4v) is 5.30. The van der Waals surface area contributed by atoms with E-state index in [1.54, 1.807) is 0 Å². The van der Waals surface area contributed by atoms with Crippen LogP contribution in [0.1, 0.15) is 79.1 Å². The Hall–Kier alpha value is -0.810. The van der Waals surface area contributed by atoms with Crippen molar-refractivity contribution in [3.8, 4) is 0 Å². The van der Waals surface area contributed by atoms with Gasteiger partial charge in [-0.15, -0.1) is 0 Å². The average molecular weight is 408 g/mol. The lowest BCUT2D eigenvalue weighted by Gasteiger charge is -2.40. The third-order valence-corrected chi connectivity index (χ3v) is 6.89. The summed E-state index contributed by atoms with van der Waals surface area (Å²) in [6, 6.07) is 0. The number of nitrogens with zero attached hydrogens (tertiary/aromatic N) is 2. The van der Waals surface area contributed by atoms with Gasteiger partial charge in [0.1, 0.15) is 0 Å². The second-order valence-corrected chi connectivity index (χ2v) is 10.4. The number of piperidine rings is 1. The molecule has 0 aromatic heterocycles. The largest absolute Gasteiger partial charge is 0.378 e. The lowest BCUT2D eigenvalue weighted by Crippen LogP contribution is -2.48. The van der Waals surface area contributed by atoms with Gasteiger partial charge in [0, 0.05) is 45.3 Å². The van der Waals surface area contributed by atoms with Crippen LogP contribution in [-0.4, -0.2) is 62.5 Å². The van der Waals surface area contributed by atoms with Gasteiger partial charge >= 0.3 is 0 Å². The van der Waals surface area contributed by atoms with Gasteiger partial charge in [0.2, 0.25) is 0 Å². The molecule has 2 saturated heterocycles. The van der Waals surface area contributed by atoms with E-state index < -0.39 is 0 Å². The van der Waals surface area contributed by atoms with Crippen molar-refractivity contribution in [2.45, 2.75) is 91.3 Å². The Kier molecular flexibility index (Phi) is 8.67.